The minimum Gasteiger partial charge on any atom is -0.462 e. The van der Waals surface area contributed by atoms with Gasteiger partial charge in [-0.15, -0.1) is 0 Å². The van der Waals surface area contributed by atoms with E-state index in [1.807, 2.05) is 6.92 Å². The van der Waals surface area contributed by atoms with Crippen molar-refractivity contribution >= 4 is 5.97 Å². The summed E-state index contributed by atoms with van der Waals surface area (Å²) in [6, 6.07) is 0. The number of carbonyl (C=O) groups is 1. The number of allylic oxidation sites excluding steroid dienone is 1. The van der Waals surface area contributed by atoms with Crippen LogP contribution in [0.1, 0.15) is 91.4 Å². The molecule has 0 radical (unpaired) electrons. The van der Waals surface area contributed by atoms with Crippen LogP contribution in [0.3, 0.4) is 0 Å². The maximum atomic E-state index is 11.7. The smallest absolute Gasteiger partial charge is 0.335 e. The molecule has 0 saturated carbocycles. The second kappa shape index (κ2) is 14.0. The first-order chi connectivity index (χ1) is 10.1. The van der Waals surface area contributed by atoms with E-state index in [1.54, 1.807) is 6.92 Å². The molecule has 0 bridgehead atoms. The molecule has 124 valence electrons. The van der Waals surface area contributed by atoms with Gasteiger partial charge in [0.1, 0.15) is 0 Å². The van der Waals surface area contributed by atoms with E-state index in [2.05, 4.69) is 6.92 Å². The predicted octanol–water partition coefficient (Wildman–Crippen LogP) is 5.09. The minimum atomic E-state index is -0.242. The average Bonchev–Trinajstić information content (AvgIpc) is 2.45. The quantitative estimate of drug-likeness (QED) is 0.292. The van der Waals surface area contributed by atoms with Gasteiger partial charge >= 0.3 is 5.97 Å². The molecule has 0 rings (SSSR count). The molecule has 0 aliphatic heterocycles. The zero-order chi connectivity index (χ0) is 15.9. The number of ether oxygens (including phenoxy) is 1. The monoisotopic (exact) mass is 297 g/mol. The highest BCUT2D eigenvalue weighted by Gasteiger charge is 2.10. The molecule has 0 spiro atoms. The summed E-state index contributed by atoms with van der Waals surface area (Å²) in [5, 5.41) is 0. The Hall–Kier alpha value is -0.990. The van der Waals surface area contributed by atoms with Crippen molar-refractivity contribution in [1.82, 2.24) is 0 Å². The average molecular weight is 297 g/mol. The van der Waals surface area contributed by atoms with Gasteiger partial charge in [0.2, 0.25) is 0 Å². The van der Waals surface area contributed by atoms with Crippen LogP contribution in [0.5, 0.6) is 0 Å². The molecule has 21 heavy (non-hydrogen) atoms. The summed E-state index contributed by atoms with van der Waals surface area (Å²) >= 11 is 0. The molecular weight excluding hydrogens is 262 g/mol. The lowest BCUT2D eigenvalue weighted by Crippen LogP contribution is -2.13. The largest absolute Gasteiger partial charge is 0.462 e. The van der Waals surface area contributed by atoms with Crippen molar-refractivity contribution in [2.45, 2.75) is 91.4 Å². The molecule has 0 unspecified atom stereocenters. The van der Waals surface area contributed by atoms with Crippen LogP contribution in [0.15, 0.2) is 11.3 Å². The van der Waals surface area contributed by atoms with E-state index in [1.165, 1.54) is 51.4 Å². The normalized spacial score (nSPS) is 12.1. The predicted molar refractivity (Wildman–Crippen MR) is 90.0 cm³/mol. The summed E-state index contributed by atoms with van der Waals surface area (Å²) in [5.74, 6) is -0.242. The molecule has 3 heteroatoms. The van der Waals surface area contributed by atoms with Crippen molar-refractivity contribution < 1.29 is 9.53 Å². The van der Waals surface area contributed by atoms with Crippen molar-refractivity contribution in [1.29, 1.82) is 0 Å². The minimum absolute atomic E-state index is 0.242. The van der Waals surface area contributed by atoms with Crippen LogP contribution in [0, 0.1) is 0 Å². The summed E-state index contributed by atoms with van der Waals surface area (Å²) in [4.78, 5) is 11.7. The highest BCUT2D eigenvalue weighted by atomic mass is 16.5. The van der Waals surface area contributed by atoms with Crippen molar-refractivity contribution in [2.24, 2.45) is 5.73 Å². The van der Waals surface area contributed by atoms with Gasteiger partial charge in [0, 0.05) is 5.70 Å². The number of unbranched alkanes of at least 4 members (excludes halogenated alkanes) is 9. The number of esters is 1. The van der Waals surface area contributed by atoms with Gasteiger partial charge in [0.15, 0.2) is 0 Å². The Morgan fingerprint density at radius 2 is 1.33 bits per heavy atom. The molecule has 3 nitrogen and oxygen atoms in total. The Labute approximate surface area is 131 Å². The fourth-order valence-electron chi connectivity index (χ4n) is 2.43. The van der Waals surface area contributed by atoms with E-state index in [4.69, 9.17) is 10.5 Å². The van der Waals surface area contributed by atoms with E-state index in [0.717, 1.165) is 12.8 Å². The third kappa shape index (κ3) is 11.4. The molecule has 0 aromatic rings. The Kier molecular flexibility index (Phi) is 13.3. The summed E-state index contributed by atoms with van der Waals surface area (Å²) in [7, 11) is 0. The Morgan fingerprint density at radius 3 is 1.76 bits per heavy atom. The highest BCUT2D eigenvalue weighted by molar-refractivity contribution is 5.88. The van der Waals surface area contributed by atoms with E-state index in [0.29, 0.717) is 24.3 Å². The topological polar surface area (TPSA) is 52.3 Å². The van der Waals surface area contributed by atoms with Gasteiger partial charge in [-0.25, -0.2) is 4.79 Å². The van der Waals surface area contributed by atoms with Crippen molar-refractivity contribution in [2.75, 3.05) is 6.61 Å². The van der Waals surface area contributed by atoms with Crippen LogP contribution in [0.4, 0.5) is 0 Å². The number of hydrogen-bond donors (Lipinski definition) is 1. The molecule has 0 amide bonds. The Bertz CT molecular complexity index is 294. The molecule has 0 fully saturated rings. The Morgan fingerprint density at radius 1 is 0.857 bits per heavy atom. The van der Waals surface area contributed by atoms with E-state index >= 15 is 0 Å². The summed E-state index contributed by atoms with van der Waals surface area (Å²) in [5.41, 5.74) is 6.84. The zero-order valence-electron chi connectivity index (χ0n) is 14.4. The van der Waals surface area contributed by atoms with Gasteiger partial charge in [-0.3, -0.25) is 0 Å². The fourth-order valence-corrected chi connectivity index (χ4v) is 2.43. The van der Waals surface area contributed by atoms with Crippen molar-refractivity contribution in [3.05, 3.63) is 11.3 Å². The lowest BCUT2D eigenvalue weighted by Gasteiger charge is -2.08. The molecule has 0 aliphatic carbocycles. The molecule has 0 atom stereocenters. The fraction of sp³-hybridized carbons (Fsp3) is 0.833. The van der Waals surface area contributed by atoms with Crippen LogP contribution in [-0.4, -0.2) is 12.6 Å². The first kappa shape index (κ1) is 20.0. The summed E-state index contributed by atoms with van der Waals surface area (Å²) in [6.45, 7) is 6.45. The molecule has 2 N–H and O–H groups in total. The second-order valence-corrected chi connectivity index (χ2v) is 5.83. The first-order valence-corrected chi connectivity index (χ1v) is 8.75. The van der Waals surface area contributed by atoms with Gasteiger partial charge in [-0.2, -0.15) is 0 Å². The summed E-state index contributed by atoms with van der Waals surface area (Å²) < 4.78 is 5.25. The summed E-state index contributed by atoms with van der Waals surface area (Å²) in [6.07, 6.45) is 13.5. The highest BCUT2D eigenvalue weighted by Crippen LogP contribution is 2.11. The third-order valence-corrected chi connectivity index (χ3v) is 3.81. The molecule has 0 aliphatic rings. The maximum Gasteiger partial charge on any atom is 0.335 e. The van der Waals surface area contributed by atoms with Crippen LogP contribution < -0.4 is 5.73 Å². The SMILES string of the molecule is CCCCCCCCCCCCOC(=O)/C(CC)=C(\C)N. The maximum absolute atomic E-state index is 11.7. The standard InChI is InChI=1S/C18H35NO2/c1-4-6-7-8-9-10-11-12-13-14-15-21-18(20)17(5-2)16(3)19/h4-15,19H2,1-3H3/b17-16+. The van der Waals surface area contributed by atoms with Crippen LogP contribution >= 0.6 is 0 Å². The number of hydrogen-bond acceptors (Lipinski definition) is 3. The first-order valence-electron chi connectivity index (χ1n) is 8.75. The number of carbonyl (C=O) groups excluding carboxylic acids is 1. The van der Waals surface area contributed by atoms with Gasteiger partial charge < -0.3 is 10.5 Å². The second-order valence-electron chi connectivity index (χ2n) is 5.83. The van der Waals surface area contributed by atoms with Crippen LogP contribution in [0.2, 0.25) is 0 Å². The lowest BCUT2D eigenvalue weighted by molar-refractivity contribution is -0.139. The van der Waals surface area contributed by atoms with E-state index < -0.39 is 0 Å². The van der Waals surface area contributed by atoms with Gasteiger partial charge in [-0.05, 0) is 19.8 Å². The van der Waals surface area contributed by atoms with Crippen molar-refractivity contribution in [3.8, 4) is 0 Å². The van der Waals surface area contributed by atoms with Gasteiger partial charge in [0.25, 0.3) is 0 Å². The van der Waals surface area contributed by atoms with Crippen LogP contribution in [0.25, 0.3) is 0 Å². The zero-order valence-corrected chi connectivity index (χ0v) is 14.4. The van der Waals surface area contributed by atoms with E-state index in [9.17, 15) is 4.79 Å². The molecule has 0 heterocycles. The molecule has 0 aromatic carbocycles. The van der Waals surface area contributed by atoms with E-state index in [-0.39, 0.29) is 5.97 Å². The van der Waals surface area contributed by atoms with Crippen molar-refractivity contribution in [3.63, 3.8) is 0 Å². The number of rotatable bonds is 13. The third-order valence-electron chi connectivity index (χ3n) is 3.81. The van der Waals surface area contributed by atoms with Gasteiger partial charge in [0.05, 0.1) is 12.2 Å². The molecular formula is C18H35NO2. The lowest BCUT2D eigenvalue weighted by atomic mass is 10.1. The molecule has 0 saturated heterocycles. The molecule has 0 aromatic heterocycles. The Balaban J connectivity index is 3.40. The van der Waals surface area contributed by atoms with Crippen LogP contribution in [-0.2, 0) is 9.53 Å². The van der Waals surface area contributed by atoms with Gasteiger partial charge in [-0.1, -0.05) is 71.6 Å². The number of nitrogens with two attached hydrogens (primary N) is 1.